The molecular formula is C23H25N5O6S. The van der Waals surface area contributed by atoms with Crippen molar-refractivity contribution in [3.8, 4) is 11.5 Å². The summed E-state index contributed by atoms with van der Waals surface area (Å²) in [6, 6.07) is 9.30. The van der Waals surface area contributed by atoms with Crippen LogP contribution in [0.5, 0.6) is 0 Å². The van der Waals surface area contributed by atoms with E-state index in [0.717, 1.165) is 5.56 Å². The van der Waals surface area contributed by atoms with Crippen molar-refractivity contribution in [2.75, 3.05) is 18.4 Å². The minimum atomic E-state index is -3.67. The predicted molar refractivity (Wildman–Crippen MR) is 127 cm³/mol. The smallest absolute Gasteiger partial charge is 0.322 e. The van der Waals surface area contributed by atoms with Gasteiger partial charge in [0.05, 0.1) is 9.82 Å². The Morgan fingerprint density at radius 3 is 2.40 bits per heavy atom. The Balaban J connectivity index is 1.40. The predicted octanol–water partition coefficient (Wildman–Crippen LogP) is 3.61. The summed E-state index contributed by atoms with van der Waals surface area (Å²) in [5.74, 6) is -0.734. The Morgan fingerprint density at radius 2 is 1.77 bits per heavy atom. The highest BCUT2D eigenvalue weighted by Gasteiger charge is 2.34. The lowest BCUT2D eigenvalue weighted by Crippen LogP contribution is -2.41. The summed E-state index contributed by atoms with van der Waals surface area (Å²) < 4.78 is 33.4. The van der Waals surface area contributed by atoms with Crippen molar-refractivity contribution >= 4 is 27.6 Å². The highest BCUT2D eigenvalue weighted by molar-refractivity contribution is 7.89. The largest absolute Gasteiger partial charge is 0.403 e. The number of carbonyl (C=O) groups is 1. The van der Waals surface area contributed by atoms with E-state index in [1.54, 1.807) is 19.9 Å². The highest BCUT2D eigenvalue weighted by atomic mass is 32.2. The zero-order chi connectivity index (χ0) is 25.3. The number of anilines is 1. The molecule has 184 valence electrons. The quantitative estimate of drug-likeness (QED) is 0.399. The van der Waals surface area contributed by atoms with Gasteiger partial charge in [-0.25, -0.2) is 8.42 Å². The zero-order valence-corrected chi connectivity index (χ0v) is 20.3. The van der Waals surface area contributed by atoms with Gasteiger partial charge in [-0.15, -0.1) is 5.10 Å². The number of carbonyl (C=O) groups excluding carboxylic acids is 1. The number of aryl methyl sites for hydroxylation is 3. The van der Waals surface area contributed by atoms with E-state index in [-0.39, 0.29) is 36.6 Å². The number of benzene rings is 2. The van der Waals surface area contributed by atoms with Crippen LogP contribution in [0, 0.1) is 36.8 Å². The molecule has 0 aliphatic carbocycles. The second kappa shape index (κ2) is 9.55. The fourth-order valence-corrected chi connectivity index (χ4v) is 6.29. The van der Waals surface area contributed by atoms with Crippen LogP contribution in [-0.4, -0.2) is 46.8 Å². The van der Waals surface area contributed by atoms with E-state index in [1.807, 2.05) is 19.1 Å². The number of nitro groups is 1. The molecule has 0 bridgehead atoms. The Labute approximate surface area is 202 Å². The monoisotopic (exact) mass is 499 g/mol. The first kappa shape index (κ1) is 24.5. The number of nitrogens with zero attached hydrogens (tertiary/aromatic N) is 4. The second-order valence-electron chi connectivity index (χ2n) is 8.62. The summed E-state index contributed by atoms with van der Waals surface area (Å²) in [7, 11) is -3.67. The van der Waals surface area contributed by atoms with E-state index in [2.05, 4.69) is 15.5 Å². The van der Waals surface area contributed by atoms with Crippen LogP contribution in [0.3, 0.4) is 0 Å². The molecule has 35 heavy (non-hydrogen) atoms. The number of hydrogen-bond acceptors (Lipinski definition) is 8. The van der Waals surface area contributed by atoms with Crippen LogP contribution >= 0.6 is 0 Å². The van der Waals surface area contributed by atoms with Gasteiger partial charge in [0, 0.05) is 36.7 Å². The number of rotatable bonds is 6. The lowest BCUT2D eigenvalue weighted by Gasteiger charge is -2.31. The molecule has 1 aliphatic heterocycles. The molecule has 0 unspecified atom stereocenters. The van der Waals surface area contributed by atoms with Crippen LogP contribution in [0.25, 0.3) is 11.5 Å². The maximum absolute atomic E-state index is 13.3. The van der Waals surface area contributed by atoms with Gasteiger partial charge in [-0.05, 0) is 50.8 Å². The Kier molecular flexibility index (Phi) is 6.68. The molecule has 0 saturated carbocycles. The molecule has 0 atom stereocenters. The van der Waals surface area contributed by atoms with Gasteiger partial charge in [-0.3, -0.25) is 20.2 Å². The minimum absolute atomic E-state index is 0.0359. The number of nitrogens with one attached hydrogen (secondary N) is 1. The minimum Gasteiger partial charge on any atom is -0.403 e. The van der Waals surface area contributed by atoms with Gasteiger partial charge in [0.25, 0.3) is 5.69 Å². The molecule has 0 radical (unpaired) electrons. The van der Waals surface area contributed by atoms with Crippen LogP contribution < -0.4 is 5.32 Å². The van der Waals surface area contributed by atoms with Crippen LogP contribution in [0.2, 0.25) is 0 Å². The number of piperidine rings is 1. The fraction of sp³-hybridized carbons (Fsp3) is 0.348. The standard InChI is InChI=1S/C23H25N5O6S/c1-14-11-15(2)20(16(3)12-14)35(32,33)27-9-7-17(8-10-27)21(29)24-23-26-25-22(34-23)18-5-4-6-19(13-18)28(30)31/h4-6,11-13,17H,7-10H2,1-3H3,(H,24,26,29). The Bertz CT molecular complexity index is 1370. The van der Waals surface area contributed by atoms with E-state index >= 15 is 0 Å². The third-order valence-corrected chi connectivity index (χ3v) is 8.19. The molecule has 1 N–H and O–H groups in total. The van der Waals surface area contributed by atoms with Gasteiger partial charge >= 0.3 is 6.01 Å². The van der Waals surface area contributed by atoms with Crippen molar-refractivity contribution in [1.29, 1.82) is 0 Å². The van der Waals surface area contributed by atoms with Crippen molar-refractivity contribution in [3.63, 3.8) is 0 Å². The molecule has 1 aromatic heterocycles. The number of nitro benzene ring substituents is 1. The lowest BCUT2D eigenvalue weighted by molar-refractivity contribution is -0.384. The van der Waals surface area contributed by atoms with E-state index < -0.39 is 20.9 Å². The van der Waals surface area contributed by atoms with Gasteiger partial charge in [0.2, 0.25) is 21.8 Å². The molecule has 1 aliphatic rings. The molecule has 1 saturated heterocycles. The summed E-state index contributed by atoms with van der Waals surface area (Å²) in [5.41, 5.74) is 2.65. The molecular weight excluding hydrogens is 474 g/mol. The SMILES string of the molecule is Cc1cc(C)c(S(=O)(=O)N2CCC(C(=O)Nc3nnc(-c4cccc([N+](=O)[O-])c4)o3)CC2)c(C)c1. The summed E-state index contributed by atoms with van der Waals surface area (Å²) in [6.07, 6.45) is 0.696. The molecule has 4 rings (SSSR count). The maximum atomic E-state index is 13.3. The molecule has 2 heterocycles. The average Bonchev–Trinajstić information content (AvgIpc) is 3.27. The highest BCUT2D eigenvalue weighted by Crippen LogP contribution is 2.30. The maximum Gasteiger partial charge on any atom is 0.322 e. The molecule has 1 fully saturated rings. The first-order valence-corrected chi connectivity index (χ1v) is 12.5. The summed E-state index contributed by atoms with van der Waals surface area (Å²) >= 11 is 0. The molecule has 2 aromatic carbocycles. The number of sulfonamides is 1. The molecule has 11 nitrogen and oxygen atoms in total. The first-order valence-electron chi connectivity index (χ1n) is 11.0. The van der Waals surface area contributed by atoms with E-state index in [9.17, 15) is 23.3 Å². The van der Waals surface area contributed by atoms with Crippen LogP contribution in [-0.2, 0) is 14.8 Å². The van der Waals surface area contributed by atoms with Gasteiger partial charge in [0.15, 0.2) is 0 Å². The van der Waals surface area contributed by atoms with E-state index in [4.69, 9.17) is 4.42 Å². The molecule has 3 aromatic rings. The number of hydrogen-bond donors (Lipinski definition) is 1. The third kappa shape index (κ3) is 5.08. The van der Waals surface area contributed by atoms with Crippen LogP contribution in [0.1, 0.15) is 29.5 Å². The molecule has 12 heteroatoms. The summed E-state index contributed by atoms with van der Waals surface area (Å²) in [6.45, 7) is 5.95. The molecule has 0 spiro atoms. The van der Waals surface area contributed by atoms with Crippen molar-refractivity contribution < 1.29 is 22.6 Å². The third-order valence-electron chi connectivity index (χ3n) is 5.99. The summed E-state index contributed by atoms with van der Waals surface area (Å²) in [5, 5.41) is 21.2. The van der Waals surface area contributed by atoms with Gasteiger partial charge < -0.3 is 4.42 Å². The zero-order valence-electron chi connectivity index (χ0n) is 19.5. The summed E-state index contributed by atoms with van der Waals surface area (Å²) in [4.78, 5) is 23.5. The van der Waals surface area contributed by atoms with Crippen LogP contribution in [0.15, 0.2) is 45.7 Å². The average molecular weight is 500 g/mol. The topological polar surface area (TPSA) is 149 Å². The van der Waals surface area contributed by atoms with Gasteiger partial charge in [-0.1, -0.05) is 28.9 Å². The van der Waals surface area contributed by atoms with Gasteiger partial charge in [-0.2, -0.15) is 4.31 Å². The number of non-ortho nitro benzene ring substituents is 1. The number of aromatic nitrogens is 2. The second-order valence-corrected chi connectivity index (χ2v) is 10.5. The van der Waals surface area contributed by atoms with Crippen molar-refractivity contribution in [2.24, 2.45) is 5.92 Å². The Hall–Kier alpha value is -3.64. The van der Waals surface area contributed by atoms with Crippen molar-refractivity contribution in [1.82, 2.24) is 14.5 Å². The Morgan fingerprint density at radius 1 is 1.11 bits per heavy atom. The fourth-order valence-electron chi connectivity index (χ4n) is 4.41. The van der Waals surface area contributed by atoms with E-state index in [0.29, 0.717) is 34.4 Å². The molecule has 1 amide bonds. The van der Waals surface area contributed by atoms with Gasteiger partial charge in [0.1, 0.15) is 0 Å². The van der Waals surface area contributed by atoms with E-state index in [1.165, 1.54) is 22.5 Å². The lowest BCUT2D eigenvalue weighted by atomic mass is 9.97. The van der Waals surface area contributed by atoms with Crippen molar-refractivity contribution in [2.45, 2.75) is 38.5 Å². The normalized spacial score (nSPS) is 15.2. The first-order chi connectivity index (χ1) is 16.6. The van der Waals surface area contributed by atoms with Crippen LogP contribution in [0.4, 0.5) is 11.7 Å². The van der Waals surface area contributed by atoms with Crippen molar-refractivity contribution in [3.05, 3.63) is 63.2 Å². The number of amides is 1.